The summed E-state index contributed by atoms with van der Waals surface area (Å²) in [5.74, 6) is -0.113. The molecule has 0 spiro atoms. The molecule has 224 valence electrons. The van der Waals surface area contributed by atoms with E-state index in [4.69, 9.17) is 16.3 Å². The van der Waals surface area contributed by atoms with Gasteiger partial charge in [0.2, 0.25) is 15.9 Å². The Bertz CT molecular complexity index is 1500. The molecule has 0 bridgehead atoms. The number of sulfonamides is 1. The highest BCUT2D eigenvalue weighted by Gasteiger charge is 2.33. The van der Waals surface area contributed by atoms with E-state index in [1.807, 2.05) is 25.1 Å². The van der Waals surface area contributed by atoms with Crippen LogP contribution in [0.3, 0.4) is 0 Å². The van der Waals surface area contributed by atoms with Crippen LogP contribution in [0.15, 0.2) is 77.7 Å². The molecule has 10 nitrogen and oxygen atoms in total. The van der Waals surface area contributed by atoms with Gasteiger partial charge in [0.25, 0.3) is 0 Å². The molecule has 1 heterocycles. The number of carbonyl (C=O) groups is 2. The Kier molecular flexibility index (Phi) is 10.1. The van der Waals surface area contributed by atoms with Crippen LogP contribution in [0.4, 0.5) is 16.2 Å². The van der Waals surface area contributed by atoms with Gasteiger partial charge >= 0.3 is 6.03 Å². The lowest BCUT2D eigenvalue weighted by Gasteiger charge is -2.33. The van der Waals surface area contributed by atoms with E-state index in [0.717, 1.165) is 0 Å². The number of nitrogens with one attached hydrogen (secondary N) is 2. The van der Waals surface area contributed by atoms with Gasteiger partial charge in [-0.15, -0.1) is 0 Å². The average molecular weight is 615 g/mol. The van der Waals surface area contributed by atoms with Gasteiger partial charge in [0.1, 0.15) is 11.9 Å². The van der Waals surface area contributed by atoms with E-state index in [1.165, 1.54) is 35.6 Å². The second-order valence-corrected chi connectivity index (χ2v) is 12.9. The summed E-state index contributed by atoms with van der Waals surface area (Å²) in [5.41, 5.74) is 1.60. The molecule has 3 amide bonds. The number of hydrogen-bond acceptors (Lipinski definition) is 6. The number of rotatable bonds is 8. The van der Waals surface area contributed by atoms with Gasteiger partial charge in [-0.2, -0.15) is 4.31 Å². The number of carbonyl (C=O) groups excluding carboxylic acids is 2. The number of urea groups is 1. The van der Waals surface area contributed by atoms with Crippen molar-refractivity contribution in [3.63, 3.8) is 0 Å². The van der Waals surface area contributed by atoms with Crippen LogP contribution < -0.4 is 15.4 Å². The second-order valence-electron chi connectivity index (χ2n) is 10.4. The van der Waals surface area contributed by atoms with E-state index >= 15 is 0 Å². The zero-order chi connectivity index (χ0) is 30.4. The standard InChI is InChI=1S/C30H35ClN4O6S/c1-20-17-35(21(2)19-36)29(37)16-22-15-25(33-30(38)32-24-7-5-4-6-8-24)11-14-27(22)41-28(20)18-34(3)42(39,40)26-12-9-23(31)10-13-26/h4-15,20-21,28,36H,16-19H2,1-3H3,(H2,32,33,38)/t20-,21+,28-/m1/s1. The van der Waals surface area contributed by atoms with Crippen LogP contribution >= 0.6 is 11.6 Å². The SMILES string of the molecule is C[C@@H]1CN([C@@H](C)CO)C(=O)Cc2cc(NC(=O)Nc3ccccc3)ccc2O[C@@H]1CN(C)S(=O)(=O)c1ccc(Cl)cc1. The number of ether oxygens (including phenoxy) is 1. The number of halogens is 1. The maximum Gasteiger partial charge on any atom is 0.323 e. The number of likely N-dealkylation sites (N-methyl/N-ethyl adjacent to an activating group) is 1. The highest BCUT2D eigenvalue weighted by molar-refractivity contribution is 7.89. The zero-order valence-corrected chi connectivity index (χ0v) is 25.2. The second kappa shape index (κ2) is 13.6. The Morgan fingerprint density at radius 3 is 2.43 bits per heavy atom. The van der Waals surface area contributed by atoms with E-state index in [-0.39, 0.29) is 42.8 Å². The van der Waals surface area contributed by atoms with Crippen molar-refractivity contribution in [2.75, 3.05) is 37.4 Å². The molecule has 1 aliphatic rings. The molecule has 3 atom stereocenters. The topological polar surface area (TPSA) is 128 Å². The highest BCUT2D eigenvalue weighted by Crippen LogP contribution is 2.30. The Labute approximate surface area is 251 Å². The van der Waals surface area contributed by atoms with Crippen LogP contribution in [0, 0.1) is 5.92 Å². The number of benzene rings is 3. The van der Waals surface area contributed by atoms with Crippen molar-refractivity contribution in [3.8, 4) is 5.75 Å². The van der Waals surface area contributed by atoms with E-state index in [9.17, 15) is 23.1 Å². The molecule has 0 fully saturated rings. The predicted molar refractivity (Wildman–Crippen MR) is 162 cm³/mol. The third-order valence-corrected chi connectivity index (χ3v) is 9.25. The first-order chi connectivity index (χ1) is 20.0. The van der Waals surface area contributed by atoms with E-state index < -0.39 is 28.2 Å². The zero-order valence-electron chi connectivity index (χ0n) is 23.7. The minimum atomic E-state index is -3.86. The van der Waals surface area contributed by atoms with E-state index in [2.05, 4.69) is 10.6 Å². The van der Waals surface area contributed by atoms with Crippen molar-refractivity contribution in [3.05, 3.63) is 83.4 Å². The van der Waals surface area contributed by atoms with Gasteiger partial charge in [0.15, 0.2) is 0 Å². The molecule has 0 radical (unpaired) electrons. The molecule has 12 heteroatoms. The minimum Gasteiger partial charge on any atom is -0.488 e. The fourth-order valence-corrected chi connectivity index (χ4v) is 5.99. The molecule has 42 heavy (non-hydrogen) atoms. The maximum atomic E-state index is 13.4. The largest absolute Gasteiger partial charge is 0.488 e. The van der Waals surface area contributed by atoms with Crippen molar-refractivity contribution < 1.29 is 27.9 Å². The highest BCUT2D eigenvalue weighted by atomic mass is 35.5. The molecule has 0 unspecified atom stereocenters. The van der Waals surface area contributed by atoms with E-state index in [1.54, 1.807) is 42.2 Å². The lowest BCUT2D eigenvalue weighted by molar-refractivity contribution is -0.134. The lowest BCUT2D eigenvalue weighted by Crippen LogP contribution is -2.48. The molecule has 3 aromatic rings. The number of fused-ring (bicyclic) bond motifs is 1. The molecule has 4 rings (SSSR count). The Morgan fingerprint density at radius 2 is 1.76 bits per heavy atom. The van der Waals surface area contributed by atoms with Gasteiger partial charge in [-0.25, -0.2) is 13.2 Å². The number of hydrogen-bond donors (Lipinski definition) is 3. The lowest BCUT2D eigenvalue weighted by atomic mass is 10.0. The average Bonchev–Trinajstić information content (AvgIpc) is 3.00. The Hall–Kier alpha value is -3.64. The first-order valence-electron chi connectivity index (χ1n) is 13.5. The predicted octanol–water partition coefficient (Wildman–Crippen LogP) is 4.45. The molecule has 0 saturated heterocycles. The third kappa shape index (κ3) is 7.60. The number of anilines is 2. The van der Waals surface area contributed by atoms with Gasteiger partial charge in [0.05, 0.1) is 30.5 Å². The number of aliphatic hydroxyl groups excluding tert-OH is 1. The minimum absolute atomic E-state index is 0.000581. The quantitative estimate of drug-likeness (QED) is 0.344. The number of para-hydroxylation sites is 1. The summed E-state index contributed by atoms with van der Waals surface area (Å²) in [4.78, 5) is 27.7. The summed E-state index contributed by atoms with van der Waals surface area (Å²) in [6.07, 6.45) is -0.677. The van der Waals surface area contributed by atoms with Crippen LogP contribution in [0.5, 0.6) is 5.75 Å². The third-order valence-electron chi connectivity index (χ3n) is 7.16. The fourth-order valence-electron chi connectivity index (χ4n) is 4.68. The Balaban J connectivity index is 1.62. The molecular formula is C30H35ClN4O6S. The van der Waals surface area contributed by atoms with Crippen LogP contribution in [0.25, 0.3) is 0 Å². The summed E-state index contributed by atoms with van der Waals surface area (Å²) < 4.78 is 34.3. The molecule has 0 saturated carbocycles. The van der Waals surface area contributed by atoms with Crippen molar-refractivity contribution in [2.45, 2.75) is 37.3 Å². The molecule has 3 aromatic carbocycles. The fraction of sp³-hybridized carbons (Fsp3) is 0.333. The van der Waals surface area contributed by atoms with Crippen molar-refractivity contribution in [1.29, 1.82) is 0 Å². The molecule has 0 aromatic heterocycles. The number of aliphatic hydroxyl groups is 1. The summed E-state index contributed by atoms with van der Waals surface area (Å²) in [6, 6.07) is 19.0. The van der Waals surface area contributed by atoms with Gasteiger partial charge in [0, 0.05) is 41.5 Å². The number of nitrogens with zero attached hydrogens (tertiary/aromatic N) is 2. The maximum absolute atomic E-state index is 13.4. The smallest absolute Gasteiger partial charge is 0.323 e. The van der Waals surface area contributed by atoms with Crippen molar-refractivity contribution in [2.24, 2.45) is 5.92 Å². The van der Waals surface area contributed by atoms with Crippen LogP contribution in [-0.2, 0) is 21.2 Å². The van der Waals surface area contributed by atoms with Crippen molar-refractivity contribution in [1.82, 2.24) is 9.21 Å². The summed E-state index contributed by atoms with van der Waals surface area (Å²) in [5, 5.41) is 15.8. The van der Waals surface area contributed by atoms with Crippen LogP contribution in [0.1, 0.15) is 19.4 Å². The number of amides is 3. The van der Waals surface area contributed by atoms with Gasteiger partial charge in [-0.1, -0.05) is 36.7 Å². The van der Waals surface area contributed by atoms with Crippen molar-refractivity contribution >= 4 is 44.9 Å². The normalized spacial score (nSPS) is 18.2. The molecular weight excluding hydrogens is 580 g/mol. The summed E-state index contributed by atoms with van der Waals surface area (Å²) >= 11 is 5.95. The monoisotopic (exact) mass is 614 g/mol. The molecule has 1 aliphatic heterocycles. The van der Waals surface area contributed by atoms with E-state index in [0.29, 0.717) is 27.7 Å². The summed E-state index contributed by atoms with van der Waals surface area (Å²) in [7, 11) is -2.38. The first-order valence-corrected chi connectivity index (χ1v) is 15.3. The Morgan fingerprint density at radius 1 is 1.10 bits per heavy atom. The van der Waals surface area contributed by atoms with Gasteiger partial charge in [-0.05, 0) is 61.5 Å². The van der Waals surface area contributed by atoms with Gasteiger partial charge in [-0.3, -0.25) is 4.79 Å². The molecule has 0 aliphatic carbocycles. The van der Waals surface area contributed by atoms with Gasteiger partial charge < -0.3 is 25.4 Å². The summed E-state index contributed by atoms with van der Waals surface area (Å²) in [6.45, 7) is 3.65. The van der Waals surface area contributed by atoms with Crippen LogP contribution in [0.2, 0.25) is 5.02 Å². The van der Waals surface area contributed by atoms with Crippen LogP contribution in [-0.4, -0.2) is 73.6 Å². The molecule has 3 N–H and O–H groups in total. The first kappa shape index (κ1) is 31.3.